The molecule has 16 heavy (non-hydrogen) atoms. The monoisotopic (exact) mass is 237 g/mol. The molecule has 4 heteroatoms. The predicted molar refractivity (Wildman–Crippen MR) is 68.6 cm³/mol. The highest BCUT2D eigenvalue weighted by Gasteiger charge is 2.25. The maximum Gasteiger partial charge on any atom is 0.408 e. The summed E-state index contributed by atoms with van der Waals surface area (Å²) in [5, 5.41) is 1.31. The van der Waals surface area contributed by atoms with Crippen LogP contribution in [0, 0.1) is 0 Å². The second-order valence-corrected chi connectivity index (χ2v) is 9.33. The maximum absolute atomic E-state index is 11.3. The van der Waals surface area contributed by atoms with Crippen LogP contribution in [0.2, 0.25) is 13.1 Å². The highest BCUT2D eigenvalue weighted by atomic mass is 28.3. The zero-order valence-electron chi connectivity index (χ0n) is 10.4. The van der Waals surface area contributed by atoms with Gasteiger partial charge in [-0.1, -0.05) is 48.6 Å². The van der Waals surface area contributed by atoms with E-state index in [1.165, 1.54) is 10.1 Å². The van der Waals surface area contributed by atoms with Gasteiger partial charge in [0.25, 0.3) is 0 Å². The van der Waals surface area contributed by atoms with E-state index in [1.807, 2.05) is 18.2 Å². The van der Waals surface area contributed by atoms with Gasteiger partial charge in [-0.3, -0.25) is 0 Å². The van der Waals surface area contributed by atoms with Gasteiger partial charge in [-0.25, -0.2) is 4.79 Å². The lowest BCUT2D eigenvalue weighted by Crippen LogP contribution is -2.47. The van der Waals surface area contributed by atoms with Gasteiger partial charge in [0, 0.05) is 14.1 Å². The molecule has 1 aromatic carbocycles. The Morgan fingerprint density at radius 3 is 2.31 bits per heavy atom. The molecule has 0 radical (unpaired) electrons. The molecule has 0 fully saturated rings. The van der Waals surface area contributed by atoms with Gasteiger partial charge in [0.15, 0.2) is 0 Å². The van der Waals surface area contributed by atoms with Gasteiger partial charge in [-0.15, -0.1) is 0 Å². The molecule has 0 N–H and O–H groups in total. The molecule has 0 bridgehead atoms. The first-order valence-corrected chi connectivity index (χ1v) is 8.54. The smallest absolute Gasteiger partial charge is 0.408 e. The van der Waals surface area contributed by atoms with Crippen molar-refractivity contribution < 1.29 is 9.53 Å². The van der Waals surface area contributed by atoms with Crippen molar-refractivity contribution in [3.63, 3.8) is 0 Å². The molecule has 1 aromatic rings. The second-order valence-electron chi connectivity index (χ2n) is 4.70. The highest BCUT2D eigenvalue weighted by molar-refractivity contribution is 6.89. The number of carbonyl (C=O) groups excluding carboxylic acids is 1. The van der Waals surface area contributed by atoms with E-state index in [-0.39, 0.29) is 6.09 Å². The Hall–Kier alpha value is -1.29. The number of hydrogen-bond donors (Lipinski definition) is 0. The van der Waals surface area contributed by atoms with Gasteiger partial charge in [0.05, 0.1) is 6.23 Å². The van der Waals surface area contributed by atoms with E-state index in [2.05, 4.69) is 25.2 Å². The Labute approximate surface area is 98.0 Å². The SMILES string of the molecule is CN(C)C(=O)OC[Si](C)(C)c1ccccc1. The van der Waals surface area contributed by atoms with Crippen LogP contribution < -0.4 is 5.19 Å². The fourth-order valence-corrected chi connectivity index (χ4v) is 3.09. The fourth-order valence-electron chi connectivity index (χ4n) is 1.34. The van der Waals surface area contributed by atoms with Crippen molar-refractivity contribution in [1.29, 1.82) is 0 Å². The minimum absolute atomic E-state index is 0.267. The summed E-state index contributed by atoms with van der Waals surface area (Å²) in [4.78, 5) is 12.8. The predicted octanol–water partition coefficient (Wildman–Crippen LogP) is 1.84. The van der Waals surface area contributed by atoms with Gasteiger partial charge < -0.3 is 9.64 Å². The van der Waals surface area contributed by atoms with E-state index < -0.39 is 8.07 Å². The molecule has 0 aliphatic rings. The van der Waals surface area contributed by atoms with Gasteiger partial charge in [0.2, 0.25) is 0 Å². The van der Waals surface area contributed by atoms with Crippen molar-refractivity contribution >= 4 is 19.4 Å². The fraction of sp³-hybridized carbons (Fsp3) is 0.417. The molecule has 0 atom stereocenters. The standard InChI is InChI=1S/C12H19NO2Si/c1-13(2)12(14)15-10-16(3,4)11-8-6-5-7-9-11/h5-9H,10H2,1-4H3. The van der Waals surface area contributed by atoms with Crippen molar-refractivity contribution in [2.75, 3.05) is 20.3 Å². The van der Waals surface area contributed by atoms with Crippen molar-refractivity contribution in [3.8, 4) is 0 Å². The summed E-state index contributed by atoms with van der Waals surface area (Å²) in [5.74, 6) is 0. The number of nitrogens with zero attached hydrogens (tertiary/aromatic N) is 1. The summed E-state index contributed by atoms with van der Waals surface area (Å²) in [6.45, 7) is 4.40. The summed E-state index contributed by atoms with van der Waals surface area (Å²) in [7, 11) is 1.73. The Bertz CT molecular complexity index is 349. The Balaban J connectivity index is 2.63. The summed E-state index contributed by atoms with van der Waals surface area (Å²) in [5.41, 5.74) is 0. The van der Waals surface area contributed by atoms with Crippen LogP contribution in [0.15, 0.2) is 30.3 Å². The molecule has 88 valence electrons. The molecule has 1 amide bonds. The third-order valence-electron chi connectivity index (χ3n) is 2.48. The number of ether oxygens (including phenoxy) is 1. The number of benzene rings is 1. The van der Waals surface area contributed by atoms with E-state index in [4.69, 9.17) is 4.74 Å². The van der Waals surface area contributed by atoms with Crippen LogP contribution in [0.25, 0.3) is 0 Å². The molecule has 0 aliphatic heterocycles. The summed E-state index contributed by atoms with van der Waals surface area (Å²) in [6, 6.07) is 10.3. The van der Waals surface area contributed by atoms with Crippen molar-refractivity contribution in [2.24, 2.45) is 0 Å². The summed E-state index contributed by atoms with van der Waals surface area (Å²) < 4.78 is 5.27. The largest absolute Gasteiger partial charge is 0.453 e. The minimum Gasteiger partial charge on any atom is -0.453 e. The zero-order chi connectivity index (χ0) is 12.2. The molecule has 0 heterocycles. The maximum atomic E-state index is 11.3. The number of rotatable bonds is 3. The topological polar surface area (TPSA) is 29.5 Å². The lowest BCUT2D eigenvalue weighted by Gasteiger charge is -2.23. The lowest BCUT2D eigenvalue weighted by atomic mass is 10.4. The normalized spacial score (nSPS) is 11.0. The van der Waals surface area contributed by atoms with Crippen molar-refractivity contribution in [3.05, 3.63) is 30.3 Å². The van der Waals surface area contributed by atoms with Gasteiger partial charge >= 0.3 is 6.09 Å². The zero-order valence-corrected chi connectivity index (χ0v) is 11.4. The lowest BCUT2D eigenvalue weighted by molar-refractivity contribution is 0.133. The van der Waals surface area contributed by atoms with Crippen LogP contribution in [0.5, 0.6) is 0 Å². The number of carbonyl (C=O) groups is 1. The molecule has 3 nitrogen and oxygen atoms in total. The van der Waals surface area contributed by atoms with Crippen LogP contribution in [-0.2, 0) is 4.74 Å². The Morgan fingerprint density at radius 1 is 1.25 bits per heavy atom. The van der Waals surface area contributed by atoms with Crippen LogP contribution >= 0.6 is 0 Å². The Morgan fingerprint density at radius 2 is 1.81 bits per heavy atom. The first-order valence-electron chi connectivity index (χ1n) is 5.33. The van der Waals surface area contributed by atoms with Gasteiger partial charge in [0.1, 0.15) is 8.07 Å². The minimum atomic E-state index is -1.66. The quantitative estimate of drug-likeness (QED) is 0.751. The van der Waals surface area contributed by atoms with Gasteiger partial charge in [-0.2, -0.15) is 0 Å². The first-order chi connectivity index (χ1) is 7.43. The van der Waals surface area contributed by atoms with E-state index in [0.29, 0.717) is 6.23 Å². The highest BCUT2D eigenvalue weighted by Crippen LogP contribution is 2.04. The average molecular weight is 237 g/mol. The molecular weight excluding hydrogens is 218 g/mol. The van der Waals surface area contributed by atoms with E-state index in [9.17, 15) is 4.79 Å². The molecular formula is C12H19NO2Si. The van der Waals surface area contributed by atoms with Crippen LogP contribution in [0.3, 0.4) is 0 Å². The average Bonchev–Trinajstić information content (AvgIpc) is 2.27. The van der Waals surface area contributed by atoms with E-state index in [0.717, 1.165) is 0 Å². The number of hydrogen-bond acceptors (Lipinski definition) is 2. The van der Waals surface area contributed by atoms with Crippen LogP contribution in [0.1, 0.15) is 0 Å². The molecule has 0 spiro atoms. The third-order valence-corrected chi connectivity index (χ3v) is 5.24. The Kier molecular flexibility index (Phi) is 4.12. The summed E-state index contributed by atoms with van der Waals surface area (Å²) >= 11 is 0. The second kappa shape index (κ2) is 5.16. The first kappa shape index (κ1) is 12.8. The number of amides is 1. The molecule has 0 unspecified atom stereocenters. The van der Waals surface area contributed by atoms with Crippen molar-refractivity contribution in [2.45, 2.75) is 13.1 Å². The van der Waals surface area contributed by atoms with Crippen LogP contribution in [0.4, 0.5) is 4.79 Å². The summed E-state index contributed by atoms with van der Waals surface area (Å²) in [6.07, 6.45) is 0.255. The van der Waals surface area contributed by atoms with Crippen molar-refractivity contribution in [1.82, 2.24) is 4.90 Å². The van der Waals surface area contributed by atoms with E-state index in [1.54, 1.807) is 14.1 Å². The molecule has 0 saturated carbocycles. The molecule has 0 aromatic heterocycles. The third kappa shape index (κ3) is 3.38. The molecule has 0 saturated heterocycles. The molecule has 1 rings (SSSR count). The van der Waals surface area contributed by atoms with E-state index >= 15 is 0 Å². The van der Waals surface area contributed by atoms with Gasteiger partial charge in [-0.05, 0) is 0 Å². The van der Waals surface area contributed by atoms with Crippen LogP contribution in [-0.4, -0.2) is 39.4 Å². The molecule has 0 aliphatic carbocycles.